The van der Waals surface area contributed by atoms with Gasteiger partial charge in [0.2, 0.25) is 0 Å². The molecule has 1 fully saturated rings. The molecule has 146 valence electrons. The number of carbonyl (C=O) groups excluding carboxylic acids is 1. The van der Waals surface area contributed by atoms with Crippen LogP contribution < -0.4 is 5.69 Å². The van der Waals surface area contributed by atoms with Crippen molar-refractivity contribution in [2.75, 3.05) is 13.1 Å². The third-order valence-corrected chi connectivity index (χ3v) is 4.97. The molecule has 0 aliphatic carbocycles. The molecule has 0 bridgehead atoms. The highest BCUT2D eigenvalue weighted by Gasteiger charge is 2.30. The topological polar surface area (TPSA) is 80.2 Å². The smallest absolute Gasteiger partial charge is 0.343 e. The van der Waals surface area contributed by atoms with Crippen LogP contribution in [0.25, 0.3) is 0 Å². The first-order valence-corrected chi connectivity index (χ1v) is 9.59. The second-order valence-corrected chi connectivity index (χ2v) is 7.39. The number of nitrogens with one attached hydrogen (secondary N) is 1. The first kappa shape index (κ1) is 19.4. The number of aromatic amines is 1. The van der Waals surface area contributed by atoms with Gasteiger partial charge in [-0.1, -0.05) is 30.3 Å². The van der Waals surface area contributed by atoms with Gasteiger partial charge in [0.1, 0.15) is 11.9 Å². The van der Waals surface area contributed by atoms with Crippen molar-refractivity contribution >= 4 is 5.91 Å². The highest BCUT2D eigenvalue weighted by atomic mass is 16.5. The van der Waals surface area contributed by atoms with E-state index in [4.69, 9.17) is 4.74 Å². The van der Waals surface area contributed by atoms with Crippen molar-refractivity contribution in [1.82, 2.24) is 19.7 Å². The summed E-state index contributed by atoms with van der Waals surface area (Å²) in [6.45, 7) is 7.48. The zero-order chi connectivity index (χ0) is 19.4. The molecule has 1 saturated heterocycles. The van der Waals surface area contributed by atoms with Crippen molar-refractivity contribution < 1.29 is 9.53 Å². The fourth-order valence-corrected chi connectivity index (χ4v) is 3.64. The Kier molecular flexibility index (Phi) is 6.11. The first-order valence-electron chi connectivity index (χ1n) is 9.59. The van der Waals surface area contributed by atoms with Crippen LogP contribution in [0.2, 0.25) is 0 Å². The summed E-state index contributed by atoms with van der Waals surface area (Å²) in [5, 5.41) is 6.86. The lowest BCUT2D eigenvalue weighted by atomic mass is 9.95. The van der Waals surface area contributed by atoms with E-state index in [0.29, 0.717) is 19.6 Å². The first-order chi connectivity index (χ1) is 13.0. The molecule has 7 nitrogen and oxygen atoms in total. The van der Waals surface area contributed by atoms with Gasteiger partial charge < -0.3 is 9.64 Å². The maximum atomic E-state index is 12.5. The van der Waals surface area contributed by atoms with Crippen molar-refractivity contribution in [2.45, 2.75) is 58.3 Å². The Balaban J connectivity index is 1.65. The number of H-pyrrole nitrogens is 1. The van der Waals surface area contributed by atoms with Gasteiger partial charge in [0, 0.05) is 19.0 Å². The average Bonchev–Trinajstić information content (AvgIpc) is 3.02. The van der Waals surface area contributed by atoms with Crippen molar-refractivity contribution in [3.8, 4) is 0 Å². The summed E-state index contributed by atoms with van der Waals surface area (Å²) in [4.78, 5) is 26.6. The molecule has 1 aromatic carbocycles. The van der Waals surface area contributed by atoms with Crippen LogP contribution in [-0.2, 0) is 16.1 Å². The van der Waals surface area contributed by atoms with Gasteiger partial charge in [0.15, 0.2) is 0 Å². The average molecular weight is 372 g/mol. The van der Waals surface area contributed by atoms with Gasteiger partial charge in [-0.15, -0.1) is 0 Å². The second kappa shape index (κ2) is 8.52. The number of nitrogens with zero attached hydrogens (tertiary/aromatic N) is 3. The molecule has 7 heteroatoms. The summed E-state index contributed by atoms with van der Waals surface area (Å²) in [6, 6.07) is 9.88. The highest BCUT2D eigenvalue weighted by Crippen LogP contribution is 2.26. The zero-order valence-electron chi connectivity index (χ0n) is 16.2. The summed E-state index contributed by atoms with van der Waals surface area (Å²) >= 11 is 0. The maximum absolute atomic E-state index is 12.5. The minimum absolute atomic E-state index is 0.0259. The lowest BCUT2D eigenvalue weighted by molar-refractivity contribution is -0.146. The van der Waals surface area contributed by atoms with E-state index >= 15 is 0 Å². The minimum atomic E-state index is -0.428. The Bertz CT molecular complexity index is 804. The summed E-state index contributed by atoms with van der Waals surface area (Å²) in [5.41, 5.74) is 0.876. The SMILES string of the molecule is CC(C)OC(C)C(=O)N1CCC(c2n[nH]c(=O)n2Cc2ccccc2)CC1. The molecular formula is C20H28N4O3. The van der Waals surface area contributed by atoms with Crippen LogP contribution in [0, 0.1) is 0 Å². The standard InChI is InChI=1S/C20H28N4O3/c1-14(2)27-15(3)19(25)23-11-9-17(10-12-23)18-21-22-20(26)24(18)13-16-7-5-4-6-8-16/h4-8,14-15,17H,9-13H2,1-3H3,(H,22,26). The second-order valence-electron chi connectivity index (χ2n) is 7.39. The predicted octanol–water partition coefficient (Wildman–Crippen LogP) is 2.14. The zero-order valence-corrected chi connectivity index (χ0v) is 16.2. The third-order valence-electron chi connectivity index (χ3n) is 4.97. The molecule has 0 spiro atoms. The number of benzene rings is 1. The molecule has 0 saturated carbocycles. The summed E-state index contributed by atoms with van der Waals surface area (Å²) in [7, 11) is 0. The van der Waals surface area contributed by atoms with Gasteiger partial charge in [-0.05, 0) is 39.2 Å². The van der Waals surface area contributed by atoms with E-state index in [1.54, 1.807) is 11.5 Å². The Morgan fingerprint density at radius 3 is 2.52 bits per heavy atom. The van der Waals surface area contributed by atoms with E-state index < -0.39 is 6.10 Å². The van der Waals surface area contributed by atoms with Gasteiger partial charge >= 0.3 is 5.69 Å². The molecular weight excluding hydrogens is 344 g/mol. The molecule has 0 radical (unpaired) electrons. The fraction of sp³-hybridized carbons (Fsp3) is 0.550. The van der Waals surface area contributed by atoms with E-state index in [-0.39, 0.29) is 23.6 Å². The van der Waals surface area contributed by atoms with Crippen LogP contribution in [0.15, 0.2) is 35.1 Å². The molecule has 1 atom stereocenters. The van der Waals surface area contributed by atoms with Crippen molar-refractivity contribution in [1.29, 1.82) is 0 Å². The van der Waals surface area contributed by atoms with E-state index in [1.165, 1.54) is 0 Å². The lowest BCUT2D eigenvalue weighted by Crippen LogP contribution is -2.44. The fourth-order valence-electron chi connectivity index (χ4n) is 3.64. The van der Waals surface area contributed by atoms with Gasteiger partial charge in [0.25, 0.3) is 5.91 Å². The summed E-state index contributed by atoms with van der Waals surface area (Å²) in [5.74, 6) is 0.978. The van der Waals surface area contributed by atoms with Crippen LogP contribution in [0.3, 0.4) is 0 Å². The molecule has 1 aliphatic rings. The van der Waals surface area contributed by atoms with Gasteiger partial charge in [-0.25, -0.2) is 9.89 Å². The van der Waals surface area contributed by atoms with Crippen LogP contribution in [-0.4, -0.2) is 50.9 Å². The minimum Gasteiger partial charge on any atom is -0.366 e. The lowest BCUT2D eigenvalue weighted by Gasteiger charge is -2.33. The number of amides is 1. The van der Waals surface area contributed by atoms with Crippen LogP contribution in [0.1, 0.15) is 50.9 Å². The number of hydrogen-bond acceptors (Lipinski definition) is 4. The number of aromatic nitrogens is 3. The van der Waals surface area contributed by atoms with Crippen LogP contribution in [0.4, 0.5) is 0 Å². The van der Waals surface area contributed by atoms with E-state index in [1.807, 2.05) is 49.1 Å². The number of likely N-dealkylation sites (tertiary alicyclic amines) is 1. The summed E-state index contributed by atoms with van der Waals surface area (Å²) in [6.07, 6.45) is 1.18. The molecule has 1 aliphatic heterocycles. The Morgan fingerprint density at radius 1 is 1.22 bits per heavy atom. The number of piperidine rings is 1. The van der Waals surface area contributed by atoms with Crippen molar-refractivity contribution in [3.05, 3.63) is 52.2 Å². The molecule has 1 amide bonds. The number of carbonyl (C=O) groups is 1. The van der Waals surface area contributed by atoms with Gasteiger partial charge in [0.05, 0.1) is 12.6 Å². The quantitative estimate of drug-likeness (QED) is 0.842. The number of hydrogen-bond donors (Lipinski definition) is 1. The highest BCUT2D eigenvalue weighted by molar-refractivity contribution is 5.80. The molecule has 1 N–H and O–H groups in total. The van der Waals surface area contributed by atoms with Crippen LogP contribution in [0.5, 0.6) is 0 Å². The normalized spacial score (nSPS) is 16.7. The van der Waals surface area contributed by atoms with Crippen molar-refractivity contribution in [3.63, 3.8) is 0 Å². The number of ether oxygens (including phenoxy) is 1. The third kappa shape index (κ3) is 4.66. The van der Waals surface area contributed by atoms with E-state index in [2.05, 4.69) is 10.2 Å². The number of rotatable bonds is 6. The molecule has 27 heavy (non-hydrogen) atoms. The summed E-state index contributed by atoms with van der Waals surface area (Å²) < 4.78 is 7.32. The molecule has 1 unspecified atom stereocenters. The van der Waals surface area contributed by atoms with Crippen LogP contribution >= 0.6 is 0 Å². The van der Waals surface area contributed by atoms with Gasteiger partial charge in [-0.3, -0.25) is 9.36 Å². The largest absolute Gasteiger partial charge is 0.366 e. The van der Waals surface area contributed by atoms with Crippen molar-refractivity contribution in [2.24, 2.45) is 0 Å². The molecule has 2 aromatic rings. The monoisotopic (exact) mass is 372 g/mol. The molecule has 3 rings (SSSR count). The Labute approximate surface area is 159 Å². The van der Waals surface area contributed by atoms with Gasteiger partial charge in [-0.2, -0.15) is 5.10 Å². The Hall–Kier alpha value is -2.41. The van der Waals surface area contributed by atoms with E-state index in [9.17, 15) is 9.59 Å². The Morgan fingerprint density at radius 2 is 1.89 bits per heavy atom. The van der Waals surface area contributed by atoms with E-state index in [0.717, 1.165) is 24.2 Å². The maximum Gasteiger partial charge on any atom is 0.343 e. The molecule has 2 heterocycles. The predicted molar refractivity (Wildman–Crippen MR) is 103 cm³/mol. The molecule has 1 aromatic heterocycles.